The molecule has 0 N–H and O–H groups in total. The van der Waals surface area contributed by atoms with Crippen LogP contribution in [0.3, 0.4) is 0 Å². The van der Waals surface area contributed by atoms with Crippen molar-refractivity contribution in [1.29, 1.82) is 0 Å². The Morgan fingerprint density at radius 2 is 1.81 bits per heavy atom. The minimum atomic E-state index is -4.90. The maximum absolute atomic E-state index is 13.3. The summed E-state index contributed by atoms with van der Waals surface area (Å²) in [4.78, 5) is 8.35. The van der Waals surface area contributed by atoms with Gasteiger partial charge in [-0.15, -0.1) is 0 Å². The van der Waals surface area contributed by atoms with Gasteiger partial charge >= 0.3 is 12.4 Å². The molecule has 1 fully saturated rings. The zero-order valence-corrected chi connectivity index (χ0v) is 16.0. The number of hydrogen-bond acceptors (Lipinski definition) is 4. The van der Waals surface area contributed by atoms with Gasteiger partial charge in [0.1, 0.15) is 11.7 Å². The molecule has 0 bridgehead atoms. The molecule has 0 unspecified atom stereocenters. The summed E-state index contributed by atoms with van der Waals surface area (Å²) < 4.78 is 80.3. The van der Waals surface area contributed by atoms with Gasteiger partial charge in [-0.1, -0.05) is 11.6 Å². The van der Waals surface area contributed by atoms with Gasteiger partial charge in [0.25, 0.3) is 0 Å². The summed E-state index contributed by atoms with van der Waals surface area (Å²) in [6, 6.07) is 2.91. The summed E-state index contributed by atoms with van der Waals surface area (Å²) in [6.45, 7) is -1.63. The number of imidazole rings is 1. The van der Waals surface area contributed by atoms with Crippen LogP contribution >= 0.6 is 11.6 Å². The number of fused-ring (bicyclic) bond motifs is 2. The quantitative estimate of drug-likeness (QED) is 0.405. The molecule has 162 valence electrons. The maximum atomic E-state index is 13.3. The molecule has 0 radical (unpaired) electrons. The van der Waals surface area contributed by atoms with Crippen molar-refractivity contribution in [3.05, 3.63) is 52.8 Å². The number of hydrogen-bond donors (Lipinski definition) is 0. The first-order chi connectivity index (χ1) is 14.5. The SMILES string of the molecule is FC(F)(F)Cn1nc(C(F)(F)F)c2cnc([C@H]3C[C@@H]3c3cc(Cl)nn4ccnc34)cc21. The Kier molecular flexibility index (Phi) is 4.24. The fourth-order valence-electron chi connectivity index (χ4n) is 3.83. The minimum absolute atomic E-state index is 0.0866. The number of rotatable bonds is 3. The number of halogens is 7. The van der Waals surface area contributed by atoms with Crippen LogP contribution in [0.25, 0.3) is 16.6 Å². The van der Waals surface area contributed by atoms with Crippen LogP contribution < -0.4 is 0 Å². The van der Waals surface area contributed by atoms with Crippen LogP contribution in [-0.2, 0) is 12.7 Å². The molecule has 4 aromatic rings. The second-order valence-corrected chi connectivity index (χ2v) is 7.70. The normalized spacial score (nSPS) is 19.5. The van der Waals surface area contributed by atoms with Crippen molar-refractivity contribution in [3.63, 3.8) is 0 Å². The molecule has 0 saturated heterocycles. The maximum Gasteiger partial charge on any atom is 0.435 e. The molecule has 0 aliphatic heterocycles. The molecule has 1 aliphatic carbocycles. The lowest BCUT2D eigenvalue weighted by Crippen LogP contribution is -2.19. The third-order valence-corrected chi connectivity index (χ3v) is 5.37. The van der Waals surface area contributed by atoms with E-state index in [0.29, 0.717) is 22.4 Å². The van der Waals surface area contributed by atoms with Crippen LogP contribution in [-0.4, -0.2) is 35.5 Å². The Labute approximate surface area is 174 Å². The van der Waals surface area contributed by atoms with Crippen molar-refractivity contribution in [2.75, 3.05) is 0 Å². The highest BCUT2D eigenvalue weighted by Gasteiger charge is 2.44. The average Bonchev–Trinajstić information content (AvgIpc) is 3.17. The van der Waals surface area contributed by atoms with Crippen LogP contribution in [0, 0.1) is 0 Å². The van der Waals surface area contributed by atoms with Crippen molar-refractivity contribution in [2.45, 2.75) is 37.2 Å². The zero-order chi connectivity index (χ0) is 22.1. The third kappa shape index (κ3) is 3.58. The molecule has 5 rings (SSSR count). The van der Waals surface area contributed by atoms with Gasteiger partial charge in [-0.3, -0.25) is 9.67 Å². The Morgan fingerprint density at radius 3 is 2.52 bits per heavy atom. The molecular formula is C18H11ClF6N6. The van der Waals surface area contributed by atoms with Gasteiger partial charge in [-0.05, 0) is 24.5 Å². The van der Waals surface area contributed by atoms with Gasteiger partial charge in [0.15, 0.2) is 11.3 Å². The molecule has 1 saturated carbocycles. The number of nitrogens with zero attached hydrogens (tertiary/aromatic N) is 6. The summed E-state index contributed by atoms with van der Waals surface area (Å²) in [5, 5.41) is 7.05. The smallest absolute Gasteiger partial charge is 0.260 e. The fraction of sp³-hybridized carbons (Fsp3) is 0.333. The van der Waals surface area contributed by atoms with Gasteiger partial charge in [-0.25, -0.2) is 9.50 Å². The summed E-state index contributed by atoms with van der Waals surface area (Å²) in [6.07, 6.45) is -4.92. The van der Waals surface area contributed by atoms with E-state index in [1.165, 1.54) is 10.6 Å². The summed E-state index contributed by atoms with van der Waals surface area (Å²) >= 11 is 6.05. The Balaban J connectivity index is 1.56. The van der Waals surface area contributed by atoms with E-state index < -0.39 is 30.0 Å². The van der Waals surface area contributed by atoms with E-state index in [4.69, 9.17) is 11.6 Å². The molecule has 4 aromatic heterocycles. The number of alkyl halides is 6. The van der Waals surface area contributed by atoms with Crippen molar-refractivity contribution >= 4 is 28.2 Å². The van der Waals surface area contributed by atoms with Crippen LogP contribution in [0.4, 0.5) is 26.3 Å². The van der Waals surface area contributed by atoms with Crippen LogP contribution in [0.1, 0.15) is 35.2 Å². The molecular weight excluding hydrogens is 450 g/mol. The molecule has 2 atom stereocenters. The first-order valence-electron chi connectivity index (χ1n) is 9.01. The second kappa shape index (κ2) is 6.55. The van der Waals surface area contributed by atoms with E-state index in [2.05, 4.69) is 20.2 Å². The standard InChI is InChI=1S/C18H11ClF6N6/c19-14-4-10(16-26-1-2-30(16)28-14)8-3-9(8)12-5-13-11(6-27-12)15(18(23,24)25)29-31(13)7-17(20,21)22/h1-2,4-6,8-9H,3,7H2/t8-,9-/m0/s1. The lowest BCUT2D eigenvalue weighted by molar-refractivity contribution is -0.148. The second-order valence-electron chi connectivity index (χ2n) is 7.31. The first kappa shape index (κ1) is 20.0. The predicted octanol–water partition coefficient (Wildman–Crippen LogP) is 4.98. The Bertz CT molecular complexity index is 1310. The minimum Gasteiger partial charge on any atom is -0.260 e. The number of aromatic nitrogens is 6. The van der Waals surface area contributed by atoms with Crippen molar-refractivity contribution < 1.29 is 26.3 Å². The van der Waals surface area contributed by atoms with E-state index in [-0.39, 0.29) is 22.5 Å². The molecule has 4 heterocycles. The average molecular weight is 461 g/mol. The van der Waals surface area contributed by atoms with E-state index in [9.17, 15) is 26.3 Å². The Hall–Kier alpha value is -2.89. The molecule has 13 heteroatoms. The van der Waals surface area contributed by atoms with Gasteiger partial charge in [-0.2, -0.15) is 36.5 Å². The van der Waals surface area contributed by atoms with Crippen molar-refractivity contribution in [2.24, 2.45) is 0 Å². The summed E-state index contributed by atoms with van der Waals surface area (Å²) in [5.41, 5.74) is 0.0977. The molecule has 1 aliphatic rings. The van der Waals surface area contributed by atoms with Gasteiger partial charge in [0.05, 0.1) is 10.9 Å². The van der Waals surface area contributed by atoms with Gasteiger partial charge in [0.2, 0.25) is 0 Å². The van der Waals surface area contributed by atoms with E-state index in [0.717, 1.165) is 11.8 Å². The van der Waals surface area contributed by atoms with Crippen LogP contribution in [0.2, 0.25) is 5.15 Å². The lowest BCUT2D eigenvalue weighted by atomic mass is 10.1. The Morgan fingerprint density at radius 1 is 1.03 bits per heavy atom. The van der Waals surface area contributed by atoms with Gasteiger partial charge in [0, 0.05) is 35.8 Å². The van der Waals surface area contributed by atoms with Crippen LogP contribution in [0.15, 0.2) is 30.7 Å². The highest BCUT2D eigenvalue weighted by atomic mass is 35.5. The molecule has 0 aromatic carbocycles. The molecule has 6 nitrogen and oxygen atoms in total. The lowest BCUT2D eigenvalue weighted by Gasteiger charge is -2.08. The summed E-state index contributed by atoms with van der Waals surface area (Å²) in [7, 11) is 0. The third-order valence-electron chi connectivity index (χ3n) is 5.18. The zero-order valence-electron chi connectivity index (χ0n) is 15.3. The largest absolute Gasteiger partial charge is 0.435 e. The molecule has 0 amide bonds. The molecule has 0 spiro atoms. The van der Waals surface area contributed by atoms with Crippen LogP contribution in [0.5, 0.6) is 0 Å². The first-order valence-corrected chi connectivity index (χ1v) is 9.39. The van der Waals surface area contributed by atoms with E-state index in [1.54, 1.807) is 18.5 Å². The topological polar surface area (TPSA) is 60.9 Å². The highest BCUT2D eigenvalue weighted by molar-refractivity contribution is 6.29. The van der Waals surface area contributed by atoms with E-state index in [1.807, 2.05) is 0 Å². The van der Waals surface area contributed by atoms with Gasteiger partial charge < -0.3 is 0 Å². The monoisotopic (exact) mass is 460 g/mol. The molecule has 31 heavy (non-hydrogen) atoms. The predicted molar refractivity (Wildman–Crippen MR) is 96.7 cm³/mol. The van der Waals surface area contributed by atoms with Crippen molar-refractivity contribution in [1.82, 2.24) is 29.4 Å². The van der Waals surface area contributed by atoms with E-state index >= 15 is 0 Å². The number of pyridine rings is 1. The summed E-state index contributed by atoms with van der Waals surface area (Å²) in [5.74, 6) is -0.289. The van der Waals surface area contributed by atoms with Crippen molar-refractivity contribution in [3.8, 4) is 0 Å². The highest BCUT2D eigenvalue weighted by Crippen LogP contribution is 2.55. The fourth-order valence-corrected chi connectivity index (χ4v) is 4.03.